The number of ether oxygens (including phenoxy) is 1. The molecule has 216 valence electrons. The van der Waals surface area contributed by atoms with Crippen LogP contribution in [0.4, 0.5) is 21.7 Å². The van der Waals surface area contributed by atoms with Crippen molar-refractivity contribution in [1.82, 2.24) is 34.8 Å². The standard InChI is InChI=1S/C30H32FN9O2/c1-17-10-23(22(31)13-27(17)42-19-6-7-26-24(11-19)36-37-39(26)5)35-29-21-12-28(32-14-25(21)33-16-34-29)40-15-18(2)20(30(40)41)8-9-38(3)4/h6-8,10-14,16,18,30,41H,9,15H2,1-5H3,(H,33,34,35)/b20-8+/t18-,30?/m0/s1. The van der Waals surface area contributed by atoms with E-state index in [2.05, 4.69) is 48.5 Å². The summed E-state index contributed by atoms with van der Waals surface area (Å²) in [5.41, 5.74) is 4.09. The van der Waals surface area contributed by atoms with E-state index in [0.29, 0.717) is 46.1 Å². The highest BCUT2D eigenvalue weighted by Crippen LogP contribution is 2.35. The summed E-state index contributed by atoms with van der Waals surface area (Å²) in [7, 11) is 5.80. The smallest absolute Gasteiger partial charge is 0.150 e. The molecular formula is C30H32FN9O2. The molecule has 1 aliphatic rings. The maximum Gasteiger partial charge on any atom is 0.150 e. The lowest BCUT2D eigenvalue weighted by Crippen LogP contribution is -2.30. The fourth-order valence-corrected chi connectivity index (χ4v) is 5.16. The van der Waals surface area contributed by atoms with E-state index in [0.717, 1.165) is 23.2 Å². The van der Waals surface area contributed by atoms with Crippen molar-refractivity contribution in [1.29, 1.82) is 0 Å². The zero-order valence-electron chi connectivity index (χ0n) is 24.1. The van der Waals surface area contributed by atoms with Crippen LogP contribution in [0.5, 0.6) is 11.5 Å². The Hall–Kier alpha value is -4.68. The fraction of sp³-hybridized carbons (Fsp3) is 0.300. The third-order valence-corrected chi connectivity index (χ3v) is 7.45. The normalized spacial score (nSPS) is 18.1. The first-order valence-corrected chi connectivity index (χ1v) is 13.6. The van der Waals surface area contributed by atoms with Gasteiger partial charge in [0.1, 0.15) is 40.8 Å². The Morgan fingerprint density at radius 2 is 1.98 bits per heavy atom. The van der Waals surface area contributed by atoms with Gasteiger partial charge in [-0.15, -0.1) is 5.10 Å². The van der Waals surface area contributed by atoms with Crippen molar-refractivity contribution in [2.75, 3.05) is 37.4 Å². The molecule has 12 heteroatoms. The van der Waals surface area contributed by atoms with Crippen molar-refractivity contribution < 1.29 is 14.2 Å². The SMILES string of the molecule is Cc1cc(Nc2ncnc3cnc(N4C[C@H](C)/C(=C\CN(C)C)C4O)cc23)c(F)cc1Oc1ccc2c(c1)nnn2C. The van der Waals surface area contributed by atoms with Gasteiger partial charge in [-0.05, 0) is 62.3 Å². The summed E-state index contributed by atoms with van der Waals surface area (Å²) in [5, 5.41) is 23.0. The van der Waals surface area contributed by atoms with Gasteiger partial charge in [-0.3, -0.25) is 0 Å². The number of nitrogens with one attached hydrogen (secondary N) is 1. The lowest BCUT2D eigenvalue weighted by atomic mass is 10.0. The van der Waals surface area contributed by atoms with E-state index in [4.69, 9.17) is 4.74 Å². The van der Waals surface area contributed by atoms with Crippen LogP contribution in [-0.4, -0.2) is 73.4 Å². The number of aryl methyl sites for hydroxylation is 2. The molecule has 2 aromatic carbocycles. The van der Waals surface area contributed by atoms with Crippen LogP contribution in [0.1, 0.15) is 12.5 Å². The zero-order chi connectivity index (χ0) is 29.5. The predicted octanol–water partition coefficient (Wildman–Crippen LogP) is 4.55. The van der Waals surface area contributed by atoms with Crippen molar-refractivity contribution in [3.8, 4) is 11.5 Å². The Morgan fingerprint density at radius 1 is 1.14 bits per heavy atom. The molecule has 3 aromatic heterocycles. The third-order valence-electron chi connectivity index (χ3n) is 7.45. The van der Waals surface area contributed by atoms with Gasteiger partial charge in [0.2, 0.25) is 0 Å². The first kappa shape index (κ1) is 27.5. The molecule has 6 rings (SSSR count). The van der Waals surface area contributed by atoms with Gasteiger partial charge in [-0.25, -0.2) is 24.0 Å². The molecule has 2 N–H and O–H groups in total. The molecule has 2 atom stereocenters. The largest absolute Gasteiger partial charge is 0.457 e. The Bertz CT molecular complexity index is 1820. The Balaban J connectivity index is 1.27. The molecule has 1 unspecified atom stereocenters. The number of fused-ring (bicyclic) bond motifs is 2. The van der Waals surface area contributed by atoms with E-state index >= 15 is 4.39 Å². The number of rotatable bonds is 7. The summed E-state index contributed by atoms with van der Waals surface area (Å²) in [5.74, 6) is 1.60. The van der Waals surface area contributed by atoms with Crippen molar-refractivity contribution in [3.63, 3.8) is 0 Å². The average Bonchev–Trinajstić information content (AvgIpc) is 3.47. The summed E-state index contributed by atoms with van der Waals surface area (Å²) in [6.45, 7) is 5.30. The van der Waals surface area contributed by atoms with E-state index in [1.807, 2.05) is 45.1 Å². The number of aliphatic hydroxyl groups is 1. The van der Waals surface area contributed by atoms with Crippen LogP contribution in [0.2, 0.25) is 0 Å². The van der Waals surface area contributed by atoms with Crippen molar-refractivity contribution in [2.24, 2.45) is 13.0 Å². The topological polar surface area (TPSA) is 117 Å². The molecule has 11 nitrogen and oxygen atoms in total. The molecule has 0 bridgehead atoms. The minimum Gasteiger partial charge on any atom is -0.457 e. The first-order chi connectivity index (χ1) is 20.2. The number of hydrogen-bond donors (Lipinski definition) is 2. The van der Waals surface area contributed by atoms with E-state index in [9.17, 15) is 5.11 Å². The molecule has 0 spiro atoms. The average molecular weight is 570 g/mol. The molecule has 1 saturated heterocycles. The number of benzene rings is 2. The van der Waals surface area contributed by atoms with Gasteiger partial charge in [0.15, 0.2) is 6.23 Å². The molecule has 5 aromatic rings. The molecule has 0 amide bonds. The monoisotopic (exact) mass is 569 g/mol. The molecule has 1 aliphatic heterocycles. The highest BCUT2D eigenvalue weighted by atomic mass is 19.1. The predicted molar refractivity (Wildman–Crippen MR) is 159 cm³/mol. The summed E-state index contributed by atoms with van der Waals surface area (Å²) >= 11 is 0. The molecule has 42 heavy (non-hydrogen) atoms. The van der Waals surface area contributed by atoms with Gasteiger partial charge < -0.3 is 25.0 Å². The number of hydrogen-bond acceptors (Lipinski definition) is 10. The second kappa shape index (κ2) is 11.0. The summed E-state index contributed by atoms with van der Waals surface area (Å²) in [6, 6.07) is 10.3. The van der Waals surface area contributed by atoms with Crippen LogP contribution in [-0.2, 0) is 7.05 Å². The van der Waals surface area contributed by atoms with Crippen LogP contribution in [0.15, 0.2) is 60.6 Å². The number of aromatic nitrogens is 6. The fourth-order valence-electron chi connectivity index (χ4n) is 5.16. The van der Waals surface area contributed by atoms with Crippen LogP contribution < -0.4 is 15.0 Å². The number of pyridine rings is 1. The van der Waals surface area contributed by atoms with Crippen molar-refractivity contribution >= 4 is 39.3 Å². The maximum atomic E-state index is 15.4. The van der Waals surface area contributed by atoms with Gasteiger partial charge in [-0.1, -0.05) is 18.2 Å². The zero-order valence-corrected chi connectivity index (χ0v) is 24.1. The molecule has 1 fully saturated rings. The lowest BCUT2D eigenvalue weighted by molar-refractivity contribution is 0.218. The summed E-state index contributed by atoms with van der Waals surface area (Å²) < 4.78 is 23.1. The quantitative estimate of drug-likeness (QED) is 0.270. The molecule has 0 radical (unpaired) electrons. The van der Waals surface area contributed by atoms with E-state index in [-0.39, 0.29) is 11.6 Å². The third kappa shape index (κ3) is 5.21. The van der Waals surface area contributed by atoms with Gasteiger partial charge in [0.05, 0.1) is 22.9 Å². The Kier molecular flexibility index (Phi) is 7.17. The van der Waals surface area contributed by atoms with Crippen LogP contribution in [0, 0.1) is 18.7 Å². The summed E-state index contributed by atoms with van der Waals surface area (Å²) in [4.78, 5) is 17.2. The van der Waals surface area contributed by atoms with Crippen LogP contribution >= 0.6 is 0 Å². The molecule has 0 saturated carbocycles. The van der Waals surface area contributed by atoms with Gasteiger partial charge in [0.25, 0.3) is 0 Å². The molecular weight excluding hydrogens is 537 g/mol. The number of aliphatic hydroxyl groups excluding tert-OH is 1. The number of likely N-dealkylation sites (N-methyl/N-ethyl adjacent to an activating group) is 1. The van der Waals surface area contributed by atoms with Gasteiger partial charge in [-0.2, -0.15) is 0 Å². The second-order valence-corrected chi connectivity index (χ2v) is 10.9. The van der Waals surface area contributed by atoms with Crippen molar-refractivity contribution in [3.05, 3.63) is 72.0 Å². The highest BCUT2D eigenvalue weighted by molar-refractivity contribution is 5.92. The Labute approximate surface area is 242 Å². The van der Waals surface area contributed by atoms with E-state index < -0.39 is 12.0 Å². The summed E-state index contributed by atoms with van der Waals surface area (Å²) in [6.07, 6.45) is 4.33. The van der Waals surface area contributed by atoms with Crippen molar-refractivity contribution in [2.45, 2.75) is 20.1 Å². The lowest BCUT2D eigenvalue weighted by Gasteiger charge is -2.22. The maximum absolute atomic E-state index is 15.4. The number of anilines is 3. The number of nitrogens with zero attached hydrogens (tertiary/aromatic N) is 8. The Morgan fingerprint density at radius 3 is 2.79 bits per heavy atom. The second-order valence-electron chi connectivity index (χ2n) is 10.9. The van der Waals surface area contributed by atoms with E-state index in [1.54, 1.807) is 29.1 Å². The minimum atomic E-state index is -0.784. The van der Waals surface area contributed by atoms with Gasteiger partial charge >= 0.3 is 0 Å². The van der Waals surface area contributed by atoms with Crippen LogP contribution in [0.25, 0.3) is 21.9 Å². The molecule has 4 heterocycles. The first-order valence-electron chi connectivity index (χ1n) is 13.6. The van der Waals surface area contributed by atoms with Crippen LogP contribution in [0.3, 0.4) is 0 Å². The van der Waals surface area contributed by atoms with Gasteiger partial charge in [0, 0.05) is 37.7 Å². The highest BCUT2D eigenvalue weighted by Gasteiger charge is 2.34. The number of halogens is 1. The minimum absolute atomic E-state index is 0.169. The molecule has 0 aliphatic carbocycles. The van der Waals surface area contributed by atoms with E-state index in [1.165, 1.54) is 12.4 Å².